The van der Waals surface area contributed by atoms with Crippen LogP contribution in [0.1, 0.15) is 24.5 Å². The van der Waals surface area contributed by atoms with E-state index in [0.29, 0.717) is 42.6 Å². The highest BCUT2D eigenvalue weighted by atomic mass is 35.5. The van der Waals surface area contributed by atoms with Gasteiger partial charge in [-0.2, -0.15) is 5.10 Å². The number of piperidine rings is 1. The number of fused-ring (bicyclic) bond motifs is 1. The highest BCUT2D eigenvalue weighted by molar-refractivity contribution is 6.35. The van der Waals surface area contributed by atoms with Crippen LogP contribution in [0.3, 0.4) is 0 Å². The summed E-state index contributed by atoms with van der Waals surface area (Å²) < 4.78 is 7.36. The molecule has 0 spiro atoms. The molecule has 30 heavy (non-hydrogen) atoms. The maximum absolute atomic E-state index is 12.9. The Morgan fingerprint density at radius 3 is 2.77 bits per heavy atom. The van der Waals surface area contributed by atoms with Crippen LogP contribution in [0.15, 0.2) is 30.5 Å². The third-order valence-corrected chi connectivity index (χ3v) is 6.76. The van der Waals surface area contributed by atoms with Gasteiger partial charge in [-0.25, -0.2) is 9.48 Å². The smallest absolute Gasteiger partial charge is 0.320 e. The zero-order valence-corrected chi connectivity index (χ0v) is 17.8. The normalized spacial score (nSPS) is 24.5. The number of carbonyl (C=O) groups is 2. The number of amides is 2. The second-order valence-electron chi connectivity index (χ2n) is 8.25. The van der Waals surface area contributed by atoms with Crippen molar-refractivity contribution in [3.05, 3.63) is 46.2 Å². The van der Waals surface area contributed by atoms with Crippen LogP contribution in [-0.4, -0.2) is 70.3 Å². The molecular weight excluding hydrogens is 427 g/mol. The van der Waals surface area contributed by atoms with Crippen molar-refractivity contribution in [2.75, 3.05) is 32.8 Å². The van der Waals surface area contributed by atoms with E-state index in [1.54, 1.807) is 16.8 Å². The summed E-state index contributed by atoms with van der Waals surface area (Å²) in [6, 6.07) is 7.32. The standard InChI is InChI=1S/C21H22Cl2N4O3/c22-15-1-2-19(17(23)8-15)27-6-3-18(24-27)14-10-26(11-14)21(29)25-5-4-20-13(9-25)7-16(28)12-30-20/h1-3,6,8,13-14,20H,4-5,7,9-12H2/t13-,20+/m1/s1. The van der Waals surface area contributed by atoms with Crippen LogP contribution in [0, 0.1) is 5.92 Å². The average Bonchev–Trinajstić information content (AvgIpc) is 3.15. The number of hydrogen-bond acceptors (Lipinski definition) is 4. The van der Waals surface area contributed by atoms with Gasteiger partial charge in [-0.05, 0) is 30.7 Å². The van der Waals surface area contributed by atoms with E-state index in [2.05, 4.69) is 5.10 Å². The Morgan fingerprint density at radius 2 is 1.97 bits per heavy atom. The van der Waals surface area contributed by atoms with E-state index in [1.165, 1.54) is 0 Å². The van der Waals surface area contributed by atoms with Gasteiger partial charge in [-0.1, -0.05) is 23.2 Å². The molecule has 158 valence electrons. The van der Waals surface area contributed by atoms with Gasteiger partial charge in [0.1, 0.15) is 6.61 Å². The van der Waals surface area contributed by atoms with E-state index in [-0.39, 0.29) is 36.4 Å². The summed E-state index contributed by atoms with van der Waals surface area (Å²) in [5.41, 5.74) is 1.71. The third-order valence-electron chi connectivity index (χ3n) is 6.22. The second-order valence-corrected chi connectivity index (χ2v) is 9.10. The predicted molar refractivity (Wildman–Crippen MR) is 112 cm³/mol. The summed E-state index contributed by atoms with van der Waals surface area (Å²) >= 11 is 12.2. The molecule has 9 heteroatoms. The predicted octanol–water partition coefficient (Wildman–Crippen LogP) is 3.38. The number of ketones is 1. The van der Waals surface area contributed by atoms with E-state index < -0.39 is 0 Å². The Labute approximate surface area is 184 Å². The monoisotopic (exact) mass is 448 g/mol. The molecule has 3 fully saturated rings. The summed E-state index contributed by atoms with van der Waals surface area (Å²) in [5, 5.41) is 5.76. The molecule has 1 aromatic carbocycles. The first-order valence-electron chi connectivity index (χ1n) is 10.2. The molecule has 0 bridgehead atoms. The largest absolute Gasteiger partial charge is 0.370 e. The van der Waals surface area contributed by atoms with Gasteiger partial charge in [0.25, 0.3) is 0 Å². The number of benzene rings is 1. The van der Waals surface area contributed by atoms with Crippen LogP contribution in [0.25, 0.3) is 5.69 Å². The highest BCUT2D eigenvalue weighted by Gasteiger charge is 2.40. The lowest BCUT2D eigenvalue weighted by molar-refractivity contribution is -0.140. The van der Waals surface area contributed by atoms with Gasteiger partial charge in [-0.3, -0.25) is 4.79 Å². The number of carbonyl (C=O) groups excluding carboxylic acids is 2. The Hall–Kier alpha value is -2.09. The molecule has 5 rings (SSSR count). The molecule has 2 aromatic rings. The average molecular weight is 449 g/mol. The van der Waals surface area contributed by atoms with Gasteiger partial charge in [0.15, 0.2) is 5.78 Å². The van der Waals surface area contributed by atoms with Crippen molar-refractivity contribution in [2.24, 2.45) is 5.92 Å². The Bertz CT molecular complexity index is 988. The quantitative estimate of drug-likeness (QED) is 0.705. The van der Waals surface area contributed by atoms with Crippen LogP contribution < -0.4 is 0 Å². The topological polar surface area (TPSA) is 67.7 Å². The molecule has 2 amide bonds. The molecule has 4 heterocycles. The molecule has 0 unspecified atom stereocenters. The molecule has 2 atom stereocenters. The summed E-state index contributed by atoms with van der Waals surface area (Å²) in [7, 11) is 0. The van der Waals surface area contributed by atoms with E-state index in [1.807, 2.05) is 28.1 Å². The second kappa shape index (κ2) is 7.87. The van der Waals surface area contributed by atoms with Crippen LogP contribution in [-0.2, 0) is 9.53 Å². The maximum atomic E-state index is 12.9. The van der Waals surface area contributed by atoms with Crippen molar-refractivity contribution in [1.29, 1.82) is 0 Å². The van der Waals surface area contributed by atoms with Crippen molar-refractivity contribution in [1.82, 2.24) is 19.6 Å². The summed E-state index contributed by atoms with van der Waals surface area (Å²) in [6.45, 7) is 2.78. The van der Waals surface area contributed by atoms with E-state index in [4.69, 9.17) is 27.9 Å². The fourth-order valence-corrected chi connectivity index (χ4v) is 5.03. The zero-order valence-electron chi connectivity index (χ0n) is 16.3. The molecule has 0 saturated carbocycles. The number of urea groups is 1. The summed E-state index contributed by atoms with van der Waals surface area (Å²) in [5.74, 6) is 0.463. The van der Waals surface area contributed by atoms with E-state index in [9.17, 15) is 9.59 Å². The van der Waals surface area contributed by atoms with Crippen molar-refractivity contribution < 1.29 is 14.3 Å². The Kier molecular flexibility index (Phi) is 5.21. The van der Waals surface area contributed by atoms with Crippen LogP contribution in [0.5, 0.6) is 0 Å². The van der Waals surface area contributed by atoms with Crippen molar-refractivity contribution >= 4 is 35.0 Å². The molecule has 3 aliphatic heterocycles. The Balaban J connectivity index is 1.19. The lowest BCUT2D eigenvalue weighted by atomic mass is 9.88. The van der Waals surface area contributed by atoms with Gasteiger partial charge in [-0.15, -0.1) is 0 Å². The Morgan fingerprint density at radius 1 is 1.13 bits per heavy atom. The van der Waals surface area contributed by atoms with E-state index in [0.717, 1.165) is 17.8 Å². The van der Waals surface area contributed by atoms with Gasteiger partial charge in [0.2, 0.25) is 0 Å². The SMILES string of the molecule is O=C1CO[C@H]2CCN(C(=O)N3CC(c4ccn(-c5ccc(Cl)cc5Cl)n4)C3)C[C@H]2C1. The van der Waals surface area contributed by atoms with Crippen LogP contribution in [0.4, 0.5) is 4.79 Å². The molecular formula is C21H22Cl2N4O3. The molecule has 0 radical (unpaired) electrons. The molecule has 3 saturated heterocycles. The van der Waals surface area contributed by atoms with Crippen molar-refractivity contribution in [3.8, 4) is 5.69 Å². The first-order valence-corrected chi connectivity index (χ1v) is 10.9. The number of Topliss-reactive ketones (excluding diaryl/α,β-unsaturated/α-hetero) is 1. The first kappa shape index (κ1) is 19.8. The minimum Gasteiger partial charge on any atom is -0.370 e. The molecule has 0 aliphatic carbocycles. The minimum absolute atomic E-state index is 0.0444. The fraction of sp³-hybridized carbons (Fsp3) is 0.476. The zero-order chi connectivity index (χ0) is 20.8. The number of halogens is 2. The first-order chi connectivity index (χ1) is 14.5. The highest BCUT2D eigenvalue weighted by Crippen LogP contribution is 2.32. The van der Waals surface area contributed by atoms with Crippen molar-refractivity contribution in [3.63, 3.8) is 0 Å². The number of nitrogens with zero attached hydrogens (tertiary/aromatic N) is 4. The number of hydrogen-bond donors (Lipinski definition) is 0. The fourth-order valence-electron chi connectivity index (χ4n) is 4.53. The lowest BCUT2D eigenvalue weighted by Gasteiger charge is -2.45. The molecule has 0 N–H and O–H groups in total. The summed E-state index contributed by atoms with van der Waals surface area (Å²) in [4.78, 5) is 28.3. The number of aromatic nitrogens is 2. The molecule has 3 aliphatic rings. The maximum Gasteiger partial charge on any atom is 0.320 e. The summed E-state index contributed by atoms with van der Waals surface area (Å²) in [6.07, 6.45) is 3.30. The van der Waals surface area contributed by atoms with Gasteiger partial charge >= 0.3 is 6.03 Å². The van der Waals surface area contributed by atoms with Gasteiger partial charge in [0, 0.05) is 55.7 Å². The number of rotatable bonds is 2. The van der Waals surface area contributed by atoms with E-state index >= 15 is 0 Å². The van der Waals surface area contributed by atoms with Gasteiger partial charge in [0.05, 0.1) is 22.5 Å². The molecule has 1 aromatic heterocycles. The third kappa shape index (κ3) is 3.70. The number of likely N-dealkylation sites (tertiary alicyclic amines) is 2. The van der Waals surface area contributed by atoms with Gasteiger partial charge < -0.3 is 14.5 Å². The minimum atomic E-state index is 0.0444. The van der Waals surface area contributed by atoms with Crippen LogP contribution >= 0.6 is 23.2 Å². The van der Waals surface area contributed by atoms with Crippen LogP contribution in [0.2, 0.25) is 10.0 Å². The van der Waals surface area contributed by atoms with Crippen molar-refractivity contribution in [2.45, 2.75) is 24.9 Å². The number of ether oxygens (including phenoxy) is 1. The lowest BCUT2D eigenvalue weighted by Crippen LogP contribution is -2.58. The molecule has 7 nitrogen and oxygen atoms in total.